The van der Waals surface area contributed by atoms with Gasteiger partial charge >= 0.3 is 6.18 Å². The van der Waals surface area contributed by atoms with Crippen molar-refractivity contribution in [3.05, 3.63) is 29.3 Å². The zero-order valence-corrected chi connectivity index (χ0v) is 7.74. The number of Topliss-reactive ketones (excluding diaryl/α,β-unsaturated/α-hetero) is 1. The van der Waals surface area contributed by atoms with Gasteiger partial charge in [-0.2, -0.15) is 13.2 Å². The molecule has 0 spiro atoms. The average Bonchev–Trinajstić information content (AvgIpc) is 2.11. The van der Waals surface area contributed by atoms with Crippen molar-refractivity contribution in [2.45, 2.75) is 12.6 Å². The first-order valence-corrected chi connectivity index (χ1v) is 4.05. The lowest BCUT2D eigenvalue weighted by Crippen LogP contribution is -2.25. The fraction of sp³-hybridized carbons (Fsp3) is 0.222. The Kier molecular flexibility index (Phi) is 3.16. The molecule has 0 amide bonds. The number of nitrogen functional groups attached to an aromatic ring is 1. The van der Waals surface area contributed by atoms with Crippen molar-refractivity contribution in [3.63, 3.8) is 0 Å². The summed E-state index contributed by atoms with van der Waals surface area (Å²) in [6.45, 7) is 0. The number of ketones is 1. The predicted octanol–water partition coefficient (Wildman–Crippen LogP) is 2.22. The fourth-order valence-corrected chi connectivity index (χ4v) is 1.06. The van der Waals surface area contributed by atoms with Gasteiger partial charge in [0.2, 0.25) is 5.78 Å². The Hall–Kier alpha value is -1.66. The van der Waals surface area contributed by atoms with Crippen LogP contribution in [-0.4, -0.2) is 12.0 Å². The number of carbonyl (C=O) groups excluding carboxylic acids is 1. The molecule has 88 valence electrons. The van der Waals surface area contributed by atoms with E-state index in [1.54, 1.807) is 0 Å². The van der Waals surface area contributed by atoms with Crippen molar-refractivity contribution in [1.82, 2.24) is 0 Å². The summed E-state index contributed by atoms with van der Waals surface area (Å²) in [6.07, 6.45) is -6.22. The smallest absolute Gasteiger partial charge is 0.396 e. The topological polar surface area (TPSA) is 43.1 Å². The fourth-order valence-electron chi connectivity index (χ4n) is 1.06. The predicted molar refractivity (Wildman–Crippen MR) is 45.5 cm³/mol. The number of carbonyl (C=O) groups is 1. The monoisotopic (exact) mass is 239 g/mol. The van der Waals surface area contributed by atoms with E-state index in [0.717, 1.165) is 0 Å². The molecule has 0 unspecified atom stereocenters. The maximum Gasteiger partial charge on any atom is 0.450 e. The van der Waals surface area contributed by atoms with E-state index >= 15 is 0 Å². The molecule has 0 aromatic heterocycles. The van der Waals surface area contributed by atoms with Crippen molar-refractivity contribution in [3.8, 4) is 0 Å². The van der Waals surface area contributed by atoms with Gasteiger partial charge in [0.1, 0.15) is 11.6 Å². The first-order chi connectivity index (χ1) is 7.21. The van der Waals surface area contributed by atoms with Crippen LogP contribution in [0.15, 0.2) is 12.1 Å². The molecule has 16 heavy (non-hydrogen) atoms. The van der Waals surface area contributed by atoms with Gasteiger partial charge in [-0.25, -0.2) is 8.78 Å². The summed E-state index contributed by atoms with van der Waals surface area (Å²) in [5.41, 5.74) is 3.91. The van der Waals surface area contributed by atoms with Crippen LogP contribution in [0.5, 0.6) is 0 Å². The van der Waals surface area contributed by atoms with Crippen LogP contribution in [0.1, 0.15) is 5.56 Å². The van der Waals surface area contributed by atoms with E-state index in [2.05, 4.69) is 0 Å². The zero-order valence-electron chi connectivity index (χ0n) is 7.74. The number of rotatable bonds is 2. The second kappa shape index (κ2) is 4.07. The Morgan fingerprint density at radius 1 is 1.25 bits per heavy atom. The highest BCUT2D eigenvalue weighted by Gasteiger charge is 2.38. The molecule has 2 nitrogen and oxygen atoms in total. The van der Waals surface area contributed by atoms with Crippen molar-refractivity contribution < 1.29 is 26.7 Å². The minimum atomic E-state index is -5.05. The third-order valence-corrected chi connectivity index (χ3v) is 1.85. The highest BCUT2D eigenvalue weighted by atomic mass is 19.4. The highest BCUT2D eigenvalue weighted by molar-refractivity contribution is 5.87. The normalized spacial score (nSPS) is 11.6. The van der Waals surface area contributed by atoms with Crippen LogP contribution in [0.3, 0.4) is 0 Å². The first-order valence-electron chi connectivity index (χ1n) is 4.05. The second-order valence-electron chi connectivity index (χ2n) is 3.06. The van der Waals surface area contributed by atoms with Crippen LogP contribution in [0, 0.1) is 11.6 Å². The number of halogens is 5. The summed E-state index contributed by atoms with van der Waals surface area (Å²) in [5.74, 6) is -4.38. The number of hydrogen-bond donors (Lipinski definition) is 1. The SMILES string of the molecule is Nc1c(F)cc(F)cc1CC(=O)C(F)(F)F. The van der Waals surface area contributed by atoms with E-state index in [-0.39, 0.29) is 0 Å². The summed E-state index contributed by atoms with van der Waals surface area (Å²) < 4.78 is 61.2. The van der Waals surface area contributed by atoms with E-state index in [1.807, 2.05) is 0 Å². The van der Waals surface area contributed by atoms with E-state index in [4.69, 9.17) is 5.73 Å². The van der Waals surface area contributed by atoms with Gasteiger partial charge in [-0.05, 0) is 11.6 Å². The Labute approximate surface area is 86.9 Å². The molecule has 0 atom stereocenters. The average molecular weight is 239 g/mol. The Morgan fingerprint density at radius 2 is 1.81 bits per heavy atom. The van der Waals surface area contributed by atoms with Crippen LogP contribution >= 0.6 is 0 Å². The quantitative estimate of drug-likeness (QED) is 0.635. The summed E-state index contributed by atoms with van der Waals surface area (Å²) in [6, 6.07) is 1.03. The molecular weight excluding hydrogens is 233 g/mol. The molecule has 0 aliphatic rings. The van der Waals surface area contributed by atoms with E-state index in [9.17, 15) is 26.7 Å². The molecule has 1 rings (SSSR count). The van der Waals surface area contributed by atoms with Crippen LogP contribution < -0.4 is 5.73 Å². The summed E-state index contributed by atoms with van der Waals surface area (Å²) >= 11 is 0. The number of hydrogen-bond acceptors (Lipinski definition) is 2. The van der Waals surface area contributed by atoms with E-state index in [0.29, 0.717) is 12.1 Å². The van der Waals surface area contributed by atoms with Gasteiger partial charge in [-0.15, -0.1) is 0 Å². The maximum atomic E-state index is 12.8. The lowest BCUT2D eigenvalue weighted by molar-refractivity contribution is -0.170. The van der Waals surface area contributed by atoms with E-state index in [1.165, 1.54) is 0 Å². The van der Waals surface area contributed by atoms with Gasteiger partial charge < -0.3 is 5.73 Å². The minimum absolute atomic E-state index is 0.427. The number of anilines is 1. The summed E-state index contributed by atoms with van der Waals surface area (Å²) in [5, 5.41) is 0. The van der Waals surface area contributed by atoms with E-state index < -0.39 is 41.3 Å². The molecule has 1 aromatic rings. The van der Waals surface area contributed by atoms with Crippen LogP contribution in [-0.2, 0) is 11.2 Å². The van der Waals surface area contributed by atoms with Gasteiger partial charge in [0, 0.05) is 12.5 Å². The lowest BCUT2D eigenvalue weighted by Gasteiger charge is -2.08. The van der Waals surface area contributed by atoms with Gasteiger partial charge in [-0.3, -0.25) is 4.79 Å². The third kappa shape index (κ3) is 2.68. The van der Waals surface area contributed by atoms with Crippen molar-refractivity contribution >= 4 is 11.5 Å². The molecule has 1 aromatic carbocycles. The standard InChI is InChI=1S/C9H6F5NO/c10-5-1-4(8(15)6(11)3-5)2-7(16)9(12,13)14/h1,3H,2,15H2. The van der Waals surface area contributed by atoms with Crippen LogP contribution in [0.2, 0.25) is 0 Å². The molecule has 0 bridgehead atoms. The first kappa shape index (κ1) is 12.4. The number of benzene rings is 1. The van der Waals surface area contributed by atoms with Crippen molar-refractivity contribution in [2.75, 3.05) is 5.73 Å². The third-order valence-electron chi connectivity index (χ3n) is 1.85. The Balaban J connectivity index is 3.03. The molecule has 0 heterocycles. The van der Waals surface area contributed by atoms with Gasteiger partial charge in [-0.1, -0.05) is 0 Å². The molecule has 7 heteroatoms. The molecule has 0 saturated carbocycles. The molecule has 0 aliphatic carbocycles. The minimum Gasteiger partial charge on any atom is -0.396 e. The van der Waals surface area contributed by atoms with Crippen molar-refractivity contribution in [1.29, 1.82) is 0 Å². The molecule has 0 radical (unpaired) electrons. The van der Waals surface area contributed by atoms with Gasteiger partial charge in [0.15, 0.2) is 0 Å². The Bertz CT molecular complexity index is 427. The molecule has 0 fully saturated rings. The lowest BCUT2D eigenvalue weighted by atomic mass is 10.1. The largest absolute Gasteiger partial charge is 0.450 e. The van der Waals surface area contributed by atoms with Gasteiger partial charge in [0.05, 0.1) is 5.69 Å². The molecular formula is C9H6F5NO. The maximum absolute atomic E-state index is 12.8. The molecule has 0 aliphatic heterocycles. The summed E-state index contributed by atoms with van der Waals surface area (Å²) in [4.78, 5) is 10.6. The molecule has 2 N–H and O–H groups in total. The second-order valence-corrected chi connectivity index (χ2v) is 3.06. The highest BCUT2D eigenvalue weighted by Crippen LogP contribution is 2.23. The summed E-state index contributed by atoms with van der Waals surface area (Å²) in [7, 11) is 0. The van der Waals surface area contributed by atoms with Crippen LogP contribution in [0.25, 0.3) is 0 Å². The molecule has 0 saturated heterocycles. The number of alkyl halides is 3. The Morgan fingerprint density at radius 3 is 2.31 bits per heavy atom. The van der Waals surface area contributed by atoms with Gasteiger partial charge in [0.25, 0.3) is 0 Å². The van der Waals surface area contributed by atoms with Crippen LogP contribution in [0.4, 0.5) is 27.6 Å². The number of nitrogens with two attached hydrogens (primary N) is 1. The zero-order chi connectivity index (χ0) is 12.5. The van der Waals surface area contributed by atoms with Crippen molar-refractivity contribution in [2.24, 2.45) is 0 Å².